The van der Waals surface area contributed by atoms with E-state index in [1.807, 2.05) is 48.5 Å². The van der Waals surface area contributed by atoms with Gasteiger partial charge in [0, 0.05) is 22.0 Å². The number of hydrogen-bond acceptors (Lipinski definition) is 9. The number of rotatable bonds is 9. The molecule has 36 heavy (non-hydrogen) atoms. The zero-order chi connectivity index (χ0) is 24.2. The number of aromatic nitrogens is 3. The number of pyridine rings is 1. The lowest BCUT2D eigenvalue weighted by molar-refractivity contribution is 0.0536. The Balaban J connectivity index is 0.00000304. The van der Waals surface area contributed by atoms with Gasteiger partial charge in [-0.2, -0.15) is 0 Å². The first-order chi connectivity index (χ1) is 17.1. The van der Waals surface area contributed by atoms with Crippen molar-refractivity contribution in [3.05, 3.63) is 77.8 Å². The van der Waals surface area contributed by atoms with Crippen LogP contribution in [0.2, 0.25) is 5.02 Å². The Kier molecular flexibility index (Phi) is 8.40. The molecule has 3 heterocycles. The van der Waals surface area contributed by atoms with Crippen LogP contribution in [0.25, 0.3) is 20.3 Å². The summed E-state index contributed by atoms with van der Waals surface area (Å²) in [6.45, 7) is -0.00955. The summed E-state index contributed by atoms with van der Waals surface area (Å²) in [7, 11) is 0. The highest BCUT2D eigenvalue weighted by Gasteiger charge is 2.14. The third-order valence-electron chi connectivity index (χ3n) is 5.19. The molecule has 2 aromatic carbocycles. The Morgan fingerprint density at radius 2 is 1.92 bits per heavy atom. The number of thiophene rings is 1. The lowest BCUT2D eigenvalue weighted by Crippen LogP contribution is -2.21. The minimum Gasteiger partial charge on any atom is -0.491 e. The van der Waals surface area contributed by atoms with E-state index in [0.717, 1.165) is 31.7 Å². The van der Waals surface area contributed by atoms with Gasteiger partial charge in [0.1, 0.15) is 47.8 Å². The zero-order valence-corrected chi connectivity index (χ0v) is 21.2. The van der Waals surface area contributed by atoms with Crippen molar-refractivity contribution in [2.45, 2.75) is 12.7 Å². The molecule has 1 atom stereocenters. The van der Waals surface area contributed by atoms with Crippen LogP contribution < -0.4 is 14.8 Å². The highest BCUT2D eigenvalue weighted by Crippen LogP contribution is 2.39. The average molecular weight is 545 g/mol. The highest BCUT2D eigenvalue weighted by molar-refractivity contribution is 7.25. The molecule has 0 aliphatic heterocycles. The SMILES string of the molecule is Cl.OC[C@H](O)COc1ccc2c(c1)sc1ncnc(Nc3ccc(OCc4ccccn4)c(Cl)c3)c12. The molecule has 0 fully saturated rings. The molecule has 0 bridgehead atoms. The molecular formula is C25H22Cl2N4O4S. The fraction of sp³-hybridized carbons (Fsp3) is 0.160. The highest BCUT2D eigenvalue weighted by atomic mass is 35.5. The van der Waals surface area contributed by atoms with Gasteiger partial charge in [0.2, 0.25) is 0 Å². The molecule has 186 valence electrons. The molecule has 0 spiro atoms. The molecule has 0 saturated heterocycles. The minimum absolute atomic E-state index is 0. The summed E-state index contributed by atoms with van der Waals surface area (Å²) in [5.41, 5.74) is 1.58. The first-order valence-electron chi connectivity index (χ1n) is 10.8. The van der Waals surface area contributed by atoms with Crippen LogP contribution >= 0.6 is 35.3 Å². The number of aliphatic hydroxyl groups excluding tert-OH is 2. The quantitative estimate of drug-likeness (QED) is 0.227. The Hall–Kier alpha value is -3.21. The number of aliphatic hydroxyl groups is 2. The number of nitrogens with zero attached hydrogens (tertiary/aromatic N) is 3. The summed E-state index contributed by atoms with van der Waals surface area (Å²) in [6.07, 6.45) is 2.31. The van der Waals surface area contributed by atoms with Crippen LogP contribution in [-0.2, 0) is 6.61 Å². The summed E-state index contributed by atoms with van der Waals surface area (Å²) < 4.78 is 12.4. The first-order valence-corrected chi connectivity index (χ1v) is 12.0. The van der Waals surface area contributed by atoms with Gasteiger partial charge >= 0.3 is 0 Å². The summed E-state index contributed by atoms with van der Waals surface area (Å²) in [5, 5.41) is 24.2. The lowest BCUT2D eigenvalue weighted by Gasteiger charge is -2.11. The van der Waals surface area contributed by atoms with Gasteiger partial charge in [-0.05, 0) is 48.5 Å². The molecule has 0 aliphatic carbocycles. The predicted octanol–water partition coefficient (Wildman–Crippen LogP) is 5.37. The van der Waals surface area contributed by atoms with Crippen molar-refractivity contribution in [3.63, 3.8) is 0 Å². The van der Waals surface area contributed by atoms with E-state index in [-0.39, 0.29) is 25.6 Å². The van der Waals surface area contributed by atoms with Crippen molar-refractivity contribution >= 4 is 67.2 Å². The van der Waals surface area contributed by atoms with Crippen molar-refractivity contribution in [3.8, 4) is 11.5 Å². The maximum atomic E-state index is 9.52. The fourth-order valence-corrected chi connectivity index (χ4v) is 4.79. The van der Waals surface area contributed by atoms with Crippen LogP contribution in [-0.4, -0.2) is 44.5 Å². The summed E-state index contributed by atoms with van der Waals surface area (Å²) in [5.74, 6) is 1.83. The zero-order valence-electron chi connectivity index (χ0n) is 18.8. The number of fused-ring (bicyclic) bond motifs is 3. The Bertz CT molecular complexity index is 1470. The van der Waals surface area contributed by atoms with E-state index in [2.05, 4.69) is 20.3 Å². The van der Waals surface area contributed by atoms with Gasteiger partial charge in [-0.3, -0.25) is 4.98 Å². The maximum absolute atomic E-state index is 9.52. The van der Waals surface area contributed by atoms with E-state index in [0.29, 0.717) is 28.9 Å². The van der Waals surface area contributed by atoms with Crippen molar-refractivity contribution in [1.29, 1.82) is 0 Å². The summed E-state index contributed by atoms with van der Waals surface area (Å²) in [6, 6.07) is 16.8. The second-order valence-corrected chi connectivity index (χ2v) is 9.13. The minimum atomic E-state index is -0.923. The van der Waals surface area contributed by atoms with Crippen molar-refractivity contribution in [2.24, 2.45) is 0 Å². The Morgan fingerprint density at radius 3 is 2.69 bits per heavy atom. The van der Waals surface area contributed by atoms with Gasteiger partial charge in [0.25, 0.3) is 0 Å². The van der Waals surface area contributed by atoms with Crippen molar-refractivity contribution < 1.29 is 19.7 Å². The van der Waals surface area contributed by atoms with Crippen LogP contribution in [0.3, 0.4) is 0 Å². The van der Waals surface area contributed by atoms with Crippen LogP contribution in [0, 0.1) is 0 Å². The van der Waals surface area contributed by atoms with E-state index in [1.54, 1.807) is 12.3 Å². The summed E-state index contributed by atoms with van der Waals surface area (Å²) in [4.78, 5) is 14.0. The third kappa shape index (κ3) is 5.77. The number of benzene rings is 2. The van der Waals surface area contributed by atoms with Gasteiger partial charge < -0.3 is 25.0 Å². The van der Waals surface area contributed by atoms with E-state index in [1.165, 1.54) is 17.7 Å². The number of nitrogens with one attached hydrogen (secondary N) is 1. The normalized spacial score (nSPS) is 11.8. The number of hydrogen-bond donors (Lipinski definition) is 3. The monoisotopic (exact) mass is 544 g/mol. The molecule has 0 amide bonds. The second kappa shape index (κ2) is 11.7. The Morgan fingerprint density at radius 1 is 1.03 bits per heavy atom. The standard InChI is InChI=1S/C25H21ClN4O4S.ClH/c26-20-9-15(4-7-21(20)34-12-16-3-1-2-8-27-16)30-24-23-19-6-5-18(33-13-17(32)11-31)10-22(19)35-25(23)29-14-28-24;/h1-10,14,17,31-32H,11-13H2,(H,28,29,30);1H/t17-;/m0./s1. The smallest absolute Gasteiger partial charge is 0.143 e. The van der Waals surface area contributed by atoms with Crippen LogP contribution in [0.4, 0.5) is 11.5 Å². The predicted molar refractivity (Wildman–Crippen MR) is 144 cm³/mol. The molecule has 8 nitrogen and oxygen atoms in total. The van der Waals surface area contributed by atoms with E-state index in [4.69, 9.17) is 26.2 Å². The molecule has 5 aromatic rings. The molecule has 0 radical (unpaired) electrons. The van der Waals surface area contributed by atoms with E-state index < -0.39 is 6.10 Å². The van der Waals surface area contributed by atoms with E-state index >= 15 is 0 Å². The number of anilines is 2. The first kappa shape index (κ1) is 25.9. The maximum Gasteiger partial charge on any atom is 0.143 e. The third-order valence-corrected chi connectivity index (χ3v) is 6.55. The van der Waals surface area contributed by atoms with Gasteiger partial charge in [0.15, 0.2) is 0 Å². The molecular weight excluding hydrogens is 523 g/mol. The molecule has 0 unspecified atom stereocenters. The van der Waals surface area contributed by atoms with Crippen molar-refractivity contribution in [1.82, 2.24) is 15.0 Å². The average Bonchev–Trinajstić information content (AvgIpc) is 3.26. The molecule has 3 N–H and O–H groups in total. The number of halogens is 2. The molecule has 11 heteroatoms. The second-order valence-electron chi connectivity index (χ2n) is 7.69. The topological polar surface area (TPSA) is 110 Å². The molecule has 5 rings (SSSR count). The molecule has 0 saturated carbocycles. The van der Waals surface area contributed by atoms with Crippen molar-refractivity contribution in [2.75, 3.05) is 18.5 Å². The molecule has 3 aromatic heterocycles. The van der Waals surface area contributed by atoms with Gasteiger partial charge in [-0.15, -0.1) is 23.7 Å². The van der Waals surface area contributed by atoms with Crippen LogP contribution in [0.5, 0.6) is 11.5 Å². The lowest BCUT2D eigenvalue weighted by atomic mass is 10.2. The van der Waals surface area contributed by atoms with Gasteiger partial charge in [0.05, 0.1) is 22.7 Å². The fourth-order valence-electron chi connectivity index (χ4n) is 3.48. The number of ether oxygens (including phenoxy) is 2. The van der Waals surface area contributed by atoms with Gasteiger partial charge in [-0.25, -0.2) is 9.97 Å². The van der Waals surface area contributed by atoms with Gasteiger partial charge in [-0.1, -0.05) is 17.7 Å². The summed E-state index contributed by atoms with van der Waals surface area (Å²) >= 11 is 7.99. The van der Waals surface area contributed by atoms with Crippen LogP contribution in [0.1, 0.15) is 5.69 Å². The van der Waals surface area contributed by atoms with Crippen LogP contribution in [0.15, 0.2) is 67.1 Å². The van der Waals surface area contributed by atoms with E-state index in [9.17, 15) is 5.11 Å². The Labute approximate surface area is 221 Å². The molecule has 0 aliphatic rings. The largest absolute Gasteiger partial charge is 0.491 e.